The lowest BCUT2D eigenvalue weighted by Gasteiger charge is -2.09. The summed E-state index contributed by atoms with van der Waals surface area (Å²) in [5.74, 6) is -0.388. The van der Waals surface area contributed by atoms with E-state index in [1.165, 1.54) is 23.5 Å². The summed E-state index contributed by atoms with van der Waals surface area (Å²) in [7, 11) is 0. The van der Waals surface area contributed by atoms with Crippen LogP contribution in [0, 0.1) is 12.7 Å². The number of hydrogen-bond acceptors (Lipinski definition) is 3. The smallest absolute Gasteiger partial charge is 0.261 e. The van der Waals surface area contributed by atoms with Crippen LogP contribution in [-0.4, -0.2) is 18.5 Å². The Labute approximate surface area is 121 Å². The van der Waals surface area contributed by atoms with Crippen molar-refractivity contribution in [2.45, 2.75) is 19.9 Å². The van der Waals surface area contributed by atoms with Crippen LogP contribution in [0.4, 0.5) is 4.39 Å². The van der Waals surface area contributed by atoms with Crippen LogP contribution in [0.25, 0.3) is 11.1 Å². The zero-order chi connectivity index (χ0) is 14.7. The van der Waals surface area contributed by atoms with Gasteiger partial charge >= 0.3 is 0 Å². The van der Waals surface area contributed by atoms with Crippen LogP contribution in [-0.2, 0) is 0 Å². The second-order valence-electron chi connectivity index (χ2n) is 4.70. The summed E-state index contributed by atoms with van der Waals surface area (Å²) in [4.78, 5) is 13.7. The number of halogens is 1. The minimum Gasteiger partial charge on any atom is -0.348 e. The van der Waals surface area contributed by atoms with Gasteiger partial charge in [-0.05, 0) is 43.2 Å². The summed E-state index contributed by atoms with van der Waals surface area (Å²) in [6.45, 7) is 4.21. The molecule has 1 aromatic carbocycles. The van der Waals surface area contributed by atoms with Crippen LogP contribution in [0.15, 0.2) is 30.3 Å². The van der Waals surface area contributed by atoms with Gasteiger partial charge < -0.3 is 11.1 Å². The first-order valence-electron chi connectivity index (χ1n) is 6.38. The largest absolute Gasteiger partial charge is 0.348 e. The van der Waals surface area contributed by atoms with Gasteiger partial charge in [0.15, 0.2) is 0 Å². The molecular weight excluding hydrogens is 275 g/mol. The van der Waals surface area contributed by atoms with Crippen molar-refractivity contribution >= 4 is 17.2 Å². The minimum absolute atomic E-state index is 0.0563. The molecule has 0 aliphatic heterocycles. The molecule has 3 nitrogen and oxygen atoms in total. The third-order valence-corrected chi connectivity index (χ3v) is 4.08. The maximum Gasteiger partial charge on any atom is 0.261 e. The zero-order valence-corrected chi connectivity index (χ0v) is 12.3. The van der Waals surface area contributed by atoms with Gasteiger partial charge in [-0.3, -0.25) is 4.79 Å². The highest BCUT2D eigenvalue weighted by Crippen LogP contribution is 2.31. The highest BCUT2D eigenvalue weighted by atomic mass is 32.1. The van der Waals surface area contributed by atoms with E-state index in [0.29, 0.717) is 11.4 Å². The van der Waals surface area contributed by atoms with E-state index in [4.69, 9.17) is 5.73 Å². The molecule has 0 unspecified atom stereocenters. The van der Waals surface area contributed by atoms with Crippen LogP contribution < -0.4 is 11.1 Å². The first-order chi connectivity index (χ1) is 9.51. The maximum absolute atomic E-state index is 12.9. The fourth-order valence-corrected chi connectivity index (χ4v) is 2.81. The Morgan fingerprint density at radius 2 is 2.05 bits per heavy atom. The van der Waals surface area contributed by atoms with Gasteiger partial charge in [-0.25, -0.2) is 4.39 Å². The molecule has 0 radical (unpaired) electrons. The summed E-state index contributed by atoms with van der Waals surface area (Å²) in [6.07, 6.45) is 0. The molecule has 0 bridgehead atoms. The van der Waals surface area contributed by atoms with Crippen molar-refractivity contribution in [3.05, 3.63) is 45.9 Å². The lowest BCUT2D eigenvalue weighted by Crippen LogP contribution is -2.37. The minimum atomic E-state index is -0.267. The summed E-state index contributed by atoms with van der Waals surface area (Å²) in [5, 5.41) is 2.83. The molecule has 3 N–H and O–H groups in total. The molecule has 0 saturated carbocycles. The van der Waals surface area contributed by atoms with Crippen LogP contribution in [0.2, 0.25) is 0 Å². The number of nitrogens with two attached hydrogens (primary N) is 1. The number of aryl methyl sites for hydroxylation is 1. The zero-order valence-electron chi connectivity index (χ0n) is 11.4. The van der Waals surface area contributed by atoms with E-state index < -0.39 is 0 Å². The van der Waals surface area contributed by atoms with Gasteiger partial charge in [0.05, 0.1) is 4.88 Å². The predicted molar refractivity (Wildman–Crippen MR) is 80.4 cm³/mol. The molecular formula is C15H17FN2OS. The van der Waals surface area contributed by atoms with Crippen LogP contribution >= 0.6 is 11.3 Å². The van der Waals surface area contributed by atoms with Crippen molar-refractivity contribution in [3.63, 3.8) is 0 Å². The van der Waals surface area contributed by atoms with E-state index in [1.807, 2.05) is 19.9 Å². The number of carbonyl (C=O) groups is 1. The molecule has 0 fully saturated rings. The van der Waals surface area contributed by atoms with E-state index in [1.54, 1.807) is 12.1 Å². The lowest BCUT2D eigenvalue weighted by molar-refractivity contribution is 0.0945. The van der Waals surface area contributed by atoms with E-state index in [0.717, 1.165) is 16.0 Å². The summed E-state index contributed by atoms with van der Waals surface area (Å²) < 4.78 is 12.9. The Hall–Kier alpha value is -1.72. The third kappa shape index (κ3) is 3.23. The molecule has 0 aliphatic carbocycles. The Morgan fingerprint density at radius 1 is 1.40 bits per heavy atom. The number of amides is 1. The van der Waals surface area contributed by atoms with Crippen molar-refractivity contribution in [2.24, 2.45) is 5.73 Å². The Kier molecular flexibility index (Phi) is 4.52. The molecule has 5 heteroatoms. The highest BCUT2D eigenvalue weighted by Gasteiger charge is 2.15. The van der Waals surface area contributed by atoms with Gasteiger partial charge in [0.1, 0.15) is 5.82 Å². The molecule has 106 valence electrons. The van der Waals surface area contributed by atoms with Crippen molar-refractivity contribution < 1.29 is 9.18 Å². The van der Waals surface area contributed by atoms with Crippen molar-refractivity contribution in [2.75, 3.05) is 6.54 Å². The molecule has 1 heterocycles. The molecule has 0 aliphatic rings. The average Bonchev–Trinajstić information content (AvgIpc) is 2.81. The van der Waals surface area contributed by atoms with Crippen molar-refractivity contribution in [3.8, 4) is 11.1 Å². The van der Waals surface area contributed by atoms with Gasteiger partial charge in [-0.1, -0.05) is 12.1 Å². The number of thiophene rings is 1. The Balaban J connectivity index is 2.25. The monoisotopic (exact) mass is 292 g/mol. The van der Waals surface area contributed by atoms with Crippen LogP contribution in [0.5, 0.6) is 0 Å². The number of rotatable bonds is 4. The van der Waals surface area contributed by atoms with Gasteiger partial charge in [0.25, 0.3) is 5.91 Å². The van der Waals surface area contributed by atoms with Gasteiger partial charge in [0, 0.05) is 17.5 Å². The van der Waals surface area contributed by atoms with E-state index >= 15 is 0 Å². The second-order valence-corrected chi connectivity index (χ2v) is 5.95. The average molecular weight is 292 g/mol. The van der Waals surface area contributed by atoms with Gasteiger partial charge in [0.2, 0.25) is 0 Å². The number of carbonyl (C=O) groups excluding carboxylic acids is 1. The fourth-order valence-electron chi connectivity index (χ4n) is 1.86. The van der Waals surface area contributed by atoms with Crippen LogP contribution in [0.1, 0.15) is 21.5 Å². The standard InChI is InChI=1S/C15H17FN2OS/c1-9(8-17)18-15(19)14-7-13(10(2)20-14)11-3-5-12(16)6-4-11/h3-7,9H,8,17H2,1-2H3,(H,18,19)/t9-/m0/s1. The van der Waals surface area contributed by atoms with E-state index in [2.05, 4.69) is 5.32 Å². The molecule has 20 heavy (non-hydrogen) atoms. The van der Waals surface area contributed by atoms with Crippen molar-refractivity contribution in [1.82, 2.24) is 5.32 Å². The third-order valence-electron chi connectivity index (χ3n) is 3.03. The Bertz CT molecular complexity index is 607. The number of benzene rings is 1. The van der Waals surface area contributed by atoms with Crippen molar-refractivity contribution in [1.29, 1.82) is 0 Å². The molecule has 1 amide bonds. The molecule has 0 spiro atoms. The number of nitrogens with one attached hydrogen (secondary N) is 1. The second kappa shape index (κ2) is 6.15. The quantitative estimate of drug-likeness (QED) is 0.910. The molecule has 2 aromatic rings. The molecule has 1 aromatic heterocycles. The highest BCUT2D eigenvalue weighted by molar-refractivity contribution is 7.14. The predicted octanol–water partition coefficient (Wildman–Crippen LogP) is 2.94. The normalized spacial score (nSPS) is 12.2. The molecule has 0 saturated heterocycles. The van der Waals surface area contributed by atoms with E-state index in [9.17, 15) is 9.18 Å². The van der Waals surface area contributed by atoms with Gasteiger partial charge in [-0.2, -0.15) is 0 Å². The first-order valence-corrected chi connectivity index (χ1v) is 7.20. The molecule has 2 rings (SSSR count). The van der Waals surface area contributed by atoms with Crippen LogP contribution in [0.3, 0.4) is 0 Å². The maximum atomic E-state index is 12.9. The first kappa shape index (κ1) is 14.7. The SMILES string of the molecule is Cc1sc(C(=O)N[C@@H](C)CN)cc1-c1ccc(F)cc1. The summed E-state index contributed by atoms with van der Waals surface area (Å²) in [5.41, 5.74) is 7.36. The fraction of sp³-hybridized carbons (Fsp3) is 0.267. The molecule has 1 atom stereocenters. The topological polar surface area (TPSA) is 55.1 Å². The number of hydrogen-bond donors (Lipinski definition) is 2. The summed E-state index contributed by atoms with van der Waals surface area (Å²) in [6, 6.07) is 8.06. The Morgan fingerprint density at radius 3 is 2.65 bits per heavy atom. The summed E-state index contributed by atoms with van der Waals surface area (Å²) >= 11 is 1.43. The lowest BCUT2D eigenvalue weighted by atomic mass is 10.1. The van der Waals surface area contributed by atoms with Gasteiger partial charge in [-0.15, -0.1) is 11.3 Å². The van der Waals surface area contributed by atoms with E-state index in [-0.39, 0.29) is 17.8 Å².